The number of rotatable bonds is 7. The van der Waals surface area contributed by atoms with Crippen LogP contribution in [0.3, 0.4) is 0 Å². The van der Waals surface area contributed by atoms with E-state index in [1.807, 2.05) is 24.3 Å². The molecule has 1 heterocycles. The molecule has 1 fully saturated rings. The second-order valence-electron chi connectivity index (χ2n) is 5.78. The lowest BCUT2D eigenvalue weighted by molar-refractivity contribution is 0.151. The summed E-state index contributed by atoms with van der Waals surface area (Å²) in [6.45, 7) is 6.35. The van der Waals surface area contributed by atoms with Crippen LogP contribution in [-0.4, -0.2) is 36.1 Å². The third kappa shape index (κ3) is 4.97. The molecular weight excluding hydrogens is 280 g/mol. The lowest BCUT2D eigenvalue weighted by atomic mass is 9.92. The smallest absolute Gasteiger partial charge is 0.129 e. The molecule has 2 rings (SSSR count). The molecule has 0 saturated carbocycles. The minimum absolute atomic E-state index is 0.394. The van der Waals surface area contributed by atoms with Gasteiger partial charge in [0, 0.05) is 6.54 Å². The Bertz CT molecular complexity index is 456. The highest BCUT2D eigenvalue weighted by atomic mass is 32.1. The first kappa shape index (κ1) is 16.2. The number of hydrogen-bond donors (Lipinski definition) is 1. The predicted octanol–water partition coefficient (Wildman–Crippen LogP) is 3.21. The van der Waals surface area contributed by atoms with E-state index in [4.69, 9.17) is 22.7 Å². The number of benzene rings is 1. The lowest BCUT2D eigenvalue weighted by Crippen LogP contribution is -2.36. The Morgan fingerprint density at radius 3 is 2.71 bits per heavy atom. The summed E-state index contributed by atoms with van der Waals surface area (Å²) in [5.41, 5.74) is 6.54. The molecule has 0 bridgehead atoms. The molecular formula is C17H26N2OS. The van der Waals surface area contributed by atoms with Crippen LogP contribution in [0.15, 0.2) is 24.3 Å². The highest BCUT2D eigenvalue weighted by Gasteiger charge is 2.18. The van der Waals surface area contributed by atoms with E-state index < -0.39 is 0 Å². The van der Waals surface area contributed by atoms with Gasteiger partial charge in [-0.1, -0.05) is 44.1 Å². The largest absolute Gasteiger partial charge is 0.492 e. The Hall–Kier alpha value is -1.13. The average Bonchev–Trinajstić information content (AvgIpc) is 2.50. The summed E-state index contributed by atoms with van der Waals surface area (Å²) < 4.78 is 5.87. The van der Waals surface area contributed by atoms with Crippen molar-refractivity contribution in [3.05, 3.63) is 29.8 Å². The first-order valence-corrected chi connectivity index (χ1v) is 8.35. The van der Waals surface area contributed by atoms with E-state index in [9.17, 15) is 0 Å². The van der Waals surface area contributed by atoms with E-state index >= 15 is 0 Å². The van der Waals surface area contributed by atoms with E-state index in [1.165, 1.54) is 38.8 Å². The maximum Gasteiger partial charge on any atom is 0.129 e. The molecule has 21 heavy (non-hydrogen) atoms. The van der Waals surface area contributed by atoms with Gasteiger partial charge in [0.25, 0.3) is 0 Å². The minimum atomic E-state index is 0.394. The van der Waals surface area contributed by atoms with Gasteiger partial charge >= 0.3 is 0 Å². The predicted molar refractivity (Wildman–Crippen MR) is 91.9 cm³/mol. The molecule has 1 saturated heterocycles. The molecule has 0 unspecified atom stereocenters. The standard InChI is InChI=1S/C17H26N2OS/c1-2-5-14-8-10-19(11-9-14)12-13-20-16-7-4-3-6-15(16)17(18)21/h3-4,6-7,14H,2,5,8-13H2,1H3,(H2,18,21). The van der Waals surface area contributed by atoms with Crippen LogP contribution in [0.2, 0.25) is 0 Å². The van der Waals surface area contributed by atoms with Crippen LogP contribution in [0.25, 0.3) is 0 Å². The van der Waals surface area contributed by atoms with Gasteiger partial charge in [-0.15, -0.1) is 0 Å². The van der Waals surface area contributed by atoms with Gasteiger partial charge in [-0.25, -0.2) is 0 Å². The quantitative estimate of drug-likeness (QED) is 0.785. The van der Waals surface area contributed by atoms with Crippen molar-refractivity contribution in [2.45, 2.75) is 32.6 Å². The SMILES string of the molecule is CCCC1CCN(CCOc2ccccc2C(N)=S)CC1. The zero-order valence-corrected chi connectivity index (χ0v) is 13.7. The maximum absolute atomic E-state index is 5.87. The van der Waals surface area contributed by atoms with Crippen molar-refractivity contribution in [3.63, 3.8) is 0 Å². The molecule has 0 radical (unpaired) electrons. The Labute approximate surface area is 133 Å². The number of thiocarbonyl (C=S) groups is 1. The lowest BCUT2D eigenvalue weighted by Gasteiger charge is -2.31. The number of nitrogens with zero attached hydrogens (tertiary/aromatic N) is 1. The van der Waals surface area contributed by atoms with Crippen LogP contribution in [0.4, 0.5) is 0 Å². The molecule has 0 amide bonds. The van der Waals surface area contributed by atoms with Crippen molar-refractivity contribution >= 4 is 17.2 Å². The molecule has 3 nitrogen and oxygen atoms in total. The summed E-state index contributed by atoms with van der Waals surface area (Å²) in [7, 11) is 0. The summed E-state index contributed by atoms with van der Waals surface area (Å²) in [5.74, 6) is 1.73. The normalized spacial score (nSPS) is 16.8. The first-order valence-electron chi connectivity index (χ1n) is 7.94. The van der Waals surface area contributed by atoms with Crippen LogP contribution in [0.1, 0.15) is 38.2 Å². The van der Waals surface area contributed by atoms with Crippen molar-refractivity contribution in [3.8, 4) is 5.75 Å². The minimum Gasteiger partial charge on any atom is -0.492 e. The van der Waals surface area contributed by atoms with Crippen molar-refractivity contribution in [2.24, 2.45) is 11.7 Å². The van der Waals surface area contributed by atoms with Gasteiger partial charge in [0.05, 0.1) is 5.56 Å². The zero-order valence-electron chi connectivity index (χ0n) is 12.9. The van der Waals surface area contributed by atoms with Gasteiger partial charge in [-0.05, 0) is 44.0 Å². The Balaban J connectivity index is 1.74. The van der Waals surface area contributed by atoms with Gasteiger partial charge in [-0.3, -0.25) is 4.90 Å². The molecule has 1 aliphatic rings. The van der Waals surface area contributed by atoms with Crippen LogP contribution < -0.4 is 10.5 Å². The van der Waals surface area contributed by atoms with Gasteiger partial charge in [0.15, 0.2) is 0 Å². The third-order valence-corrected chi connectivity index (χ3v) is 4.44. The van der Waals surface area contributed by atoms with Crippen molar-refractivity contribution in [1.29, 1.82) is 0 Å². The van der Waals surface area contributed by atoms with Gasteiger partial charge in [-0.2, -0.15) is 0 Å². The van der Waals surface area contributed by atoms with E-state index in [1.54, 1.807) is 0 Å². The van der Waals surface area contributed by atoms with Crippen molar-refractivity contribution in [1.82, 2.24) is 4.90 Å². The molecule has 1 aromatic rings. The summed E-state index contributed by atoms with van der Waals surface area (Å²) in [6.07, 6.45) is 5.35. The Morgan fingerprint density at radius 1 is 1.33 bits per heavy atom. The molecule has 0 aromatic heterocycles. The van der Waals surface area contributed by atoms with Crippen LogP contribution in [-0.2, 0) is 0 Å². The molecule has 0 spiro atoms. The van der Waals surface area contributed by atoms with Crippen molar-refractivity contribution in [2.75, 3.05) is 26.2 Å². The fourth-order valence-corrected chi connectivity index (χ4v) is 3.16. The fourth-order valence-electron chi connectivity index (χ4n) is 2.99. The Morgan fingerprint density at radius 2 is 2.05 bits per heavy atom. The van der Waals surface area contributed by atoms with Crippen LogP contribution in [0.5, 0.6) is 5.75 Å². The zero-order chi connectivity index (χ0) is 15.1. The summed E-state index contributed by atoms with van der Waals surface area (Å²) in [5, 5.41) is 0. The number of hydrogen-bond acceptors (Lipinski definition) is 3. The third-order valence-electron chi connectivity index (χ3n) is 4.22. The number of likely N-dealkylation sites (tertiary alicyclic amines) is 1. The number of nitrogens with two attached hydrogens (primary N) is 1. The summed E-state index contributed by atoms with van der Waals surface area (Å²) in [4.78, 5) is 2.89. The van der Waals surface area contributed by atoms with E-state index in [0.29, 0.717) is 11.6 Å². The summed E-state index contributed by atoms with van der Waals surface area (Å²) in [6, 6.07) is 7.73. The van der Waals surface area contributed by atoms with Crippen LogP contribution >= 0.6 is 12.2 Å². The molecule has 4 heteroatoms. The highest BCUT2D eigenvalue weighted by molar-refractivity contribution is 7.80. The van der Waals surface area contributed by atoms with Crippen LogP contribution in [0, 0.1) is 5.92 Å². The second-order valence-corrected chi connectivity index (χ2v) is 6.22. The summed E-state index contributed by atoms with van der Waals surface area (Å²) >= 11 is 5.05. The first-order chi connectivity index (χ1) is 10.2. The van der Waals surface area contributed by atoms with E-state index in [0.717, 1.165) is 23.8 Å². The van der Waals surface area contributed by atoms with Gasteiger partial charge in [0.1, 0.15) is 17.3 Å². The molecule has 2 N–H and O–H groups in total. The molecule has 116 valence electrons. The van der Waals surface area contributed by atoms with Gasteiger partial charge in [0.2, 0.25) is 0 Å². The molecule has 0 atom stereocenters. The number of ether oxygens (including phenoxy) is 1. The van der Waals surface area contributed by atoms with E-state index in [-0.39, 0.29) is 0 Å². The number of piperidine rings is 1. The molecule has 0 aliphatic carbocycles. The highest BCUT2D eigenvalue weighted by Crippen LogP contribution is 2.22. The topological polar surface area (TPSA) is 38.5 Å². The second kappa shape index (κ2) is 8.35. The molecule has 1 aliphatic heterocycles. The van der Waals surface area contributed by atoms with E-state index in [2.05, 4.69) is 11.8 Å². The van der Waals surface area contributed by atoms with Crippen molar-refractivity contribution < 1.29 is 4.74 Å². The monoisotopic (exact) mass is 306 g/mol. The number of para-hydroxylation sites is 1. The van der Waals surface area contributed by atoms with Gasteiger partial charge < -0.3 is 10.5 Å². The average molecular weight is 306 g/mol. The maximum atomic E-state index is 5.87. The molecule has 1 aromatic carbocycles. The fraction of sp³-hybridized carbons (Fsp3) is 0.588. The Kier molecular flexibility index (Phi) is 6.46.